The molecule has 0 saturated carbocycles. The number of primary amides is 1. The highest BCUT2D eigenvalue weighted by molar-refractivity contribution is 5.93. The third-order valence-corrected chi connectivity index (χ3v) is 3.84. The lowest BCUT2D eigenvalue weighted by Crippen LogP contribution is -2.23. The Morgan fingerprint density at radius 2 is 1.96 bits per heavy atom. The van der Waals surface area contributed by atoms with Gasteiger partial charge in [-0.3, -0.25) is 9.59 Å². The molecule has 2 amide bonds. The van der Waals surface area contributed by atoms with E-state index in [1.807, 2.05) is 25.1 Å². The fourth-order valence-corrected chi connectivity index (χ4v) is 2.51. The highest BCUT2D eigenvalue weighted by Crippen LogP contribution is 2.28. The fraction of sp³-hybridized carbons (Fsp3) is 0.238. The van der Waals surface area contributed by atoms with Crippen molar-refractivity contribution in [1.29, 1.82) is 0 Å². The molecule has 142 valence electrons. The van der Waals surface area contributed by atoms with E-state index in [0.717, 1.165) is 11.1 Å². The van der Waals surface area contributed by atoms with Gasteiger partial charge in [0.15, 0.2) is 11.5 Å². The van der Waals surface area contributed by atoms with Crippen LogP contribution in [0.25, 0.3) is 6.08 Å². The van der Waals surface area contributed by atoms with E-state index in [-0.39, 0.29) is 5.91 Å². The number of carbonyl (C=O) groups excluding carboxylic acids is 2. The SMILES string of the molecule is CCOc1cc(/C=C/C(=O)NCCc2cccc(C(N)=O)c2)ccc1OC. The van der Waals surface area contributed by atoms with Crippen LogP contribution in [-0.4, -0.2) is 32.1 Å². The van der Waals surface area contributed by atoms with Crippen molar-refractivity contribution < 1.29 is 19.1 Å². The molecule has 2 aromatic carbocycles. The van der Waals surface area contributed by atoms with Gasteiger partial charge in [0.2, 0.25) is 11.8 Å². The molecule has 2 rings (SSSR count). The third kappa shape index (κ3) is 6.18. The summed E-state index contributed by atoms with van der Waals surface area (Å²) in [6.07, 6.45) is 3.79. The molecular formula is C21H24N2O4. The van der Waals surface area contributed by atoms with Gasteiger partial charge in [0, 0.05) is 18.2 Å². The van der Waals surface area contributed by atoms with Gasteiger partial charge in [-0.05, 0) is 54.8 Å². The van der Waals surface area contributed by atoms with Crippen molar-refractivity contribution in [2.75, 3.05) is 20.3 Å². The second-order valence-electron chi connectivity index (χ2n) is 5.78. The van der Waals surface area contributed by atoms with Crippen LogP contribution in [0, 0.1) is 0 Å². The first-order chi connectivity index (χ1) is 13.0. The molecule has 0 spiro atoms. The monoisotopic (exact) mass is 368 g/mol. The number of hydrogen-bond acceptors (Lipinski definition) is 4. The van der Waals surface area contributed by atoms with Crippen molar-refractivity contribution in [1.82, 2.24) is 5.32 Å². The van der Waals surface area contributed by atoms with Crippen LogP contribution >= 0.6 is 0 Å². The minimum atomic E-state index is -0.463. The highest BCUT2D eigenvalue weighted by atomic mass is 16.5. The van der Waals surface area contributed by atoms with E-state index in [0.29, 0.717) is 36.6 Å². The number of hydrogen-bond donors (Lipinski definition) is 2. The zero-order chi connectivity index (χ0) is 19.6. The zero-order valence-corrected chi connectivity index (χ0v) is 15.5. The first-order valence-corrected chi connectivity index (χ1v) is 8.69. The van der Waals surface area contributed by atoms with Crippen molar-refractivity contribution in [3.8, 4) is 11.5 Å². The van der Waals surface area contributed by atoms with Crippen LogP contribution in [0.5, 0.6) is 11.5 Å². The topological polar surface area (TPSA) is 90.6 Å². The van der Waals surface area contributed by atoms with Crippen LogP contribution in [0.2, 0.25) is 0 Å². The standard InChI is InChI=1S/C21H24N2O4/c1-3-27-19-14-16(7-9-18(19)26-2)8-10-20(24)23-12-11-15-5-4-6-17(13-15)21(22)25/h4-10,13-14H,3,11-12H2,1-2H3,(H2,22,25)(H,23,24)/b10-8+. The molecule has 0 aromatic heterocycles. The summed E-state index contributed by atoms with van der Waals surface area (Å²) in [6.45, 7) is 2.88. The molecule has 0 aliphatic rings. The van der Waals surface area contributed by atoms with Crippen LogP contribution in [0.1, 0.15) is 28.4 Å². The van der Waals surface area contributed by atoms with Crippen molar-refractivity contribution in [2.24, 2.45) is 5.73 Å². The van der Waals surface area contributed by atoms with E-state index in [4.69, 9.17) is 15.2 Å². The van der Waals surface area contributed by atoms with Crippen molar-refractivity contribution in [3.63, 3.8) is 0 Å². The Bertz CT molecular complexity index is 831. The van der Waals surface area contributed by atoms with Crippen LogP contribution in [0.15, 0.2) is 48.5 Å². The lowest BCUT2D eigenvalue weighted by atomic mass is 10.1. The van der Waals surface area contributed by atoms with E-state index in [2.05, 4.69) is 5.32 Å². The Labute approximate surface area is 159 Å². The van der Waals surface area contributed by atoms with Crippen molar-refractivity contribution in [3.05, 3.63) is 65.2 Å². The van der Waals surface area contributed by atoms with Gasteiger partial charge in [0.1, 0.15) is 0 Å². The molecule has 0 saturated heterocycles. The maximum Gasteiger partial charge on any atom is 0.248 e. The van der Waals surface area contributed by atoms with Crippen LogP contribution in [-0.2, 0) is 11.2 Å². The summed E-state index contributed by atoms with van der Waals surface area (Å²) in [5.41, 5.74) is 7.50. The summed E-state index contributed by atoms with van der Waals surface area (Å²) in [6, 6.07) is 12.5. The predicted octanol–water partition coefficient (Wildman–Crippen LogP) is 2.56. The maximum absolute atomic E-state index is 12.0. The number of methoxy groups -OCH3 is 1. The Hall–Kier alpha value is -3.28. The van der Waals surface area contributed by atoms with E-state index in [9.17, 15) is 9.59 Å². The summed E-state index contributed by atoms with van der Waals surface area (Å²) in [5.74, 6) is 0.623. The normalized spacial score (nSPS) is 10.6. The largest absolute Gasteiger partial charge is 0.493 e. The molecule has 2 aromatic rings. The summed E-state index contributed by atoms with van der Waals surface area (Å²) >= 11 is 0. The third-order valence-electron chi connectivity index (χ3n) is 3.84. The van der Waals surface area contributed by atoms with E-state index >= 15 is 0 Å². The molecule has 3 N–H and O–H groups in total. The molecule has 0 bridgehead atoms. The van der Waals surface area contributed by atoms with Gasteiger partial charge < -0.3 is 20.5 Å². The predicted molar refractivity (Wildman–Crippen MR) is 105 cm³/mol. The first-order valence-electron chi connectivity index (χ1n) is 8.69. The Morgan fingerprint density at radius 1 is 1.15 bits per heavy atom. The van der Waals surface area contributed by atoms with Crippen molar-refractivity contribution in [2.45, 2.75) is 13.3 Å². The summed E-state index contributed by atoms with van der Waals surface area (Å²) in [4.78, 5) is 23.2. The quantitative estimate of drug-likeness (QED) is 0.666. The molecule has 0 unspecified atom stereocenters. The average molecular weight is 368 g/mol. The maximum atomic E-state index is 12.0. The molecule has 0 aliphatic heterocycles. The number of benzene rings is 2. The van der Waals surface area contributed by atoms with E-state index in [1.165, 1.54) is 6.08 Å². The van der Waals surface area contributed by atoms with Crippen LogP contribution in [0.3, 0.4) is 0 Å². The molecular weight excluding hydrogens is 344 g/mol. The molecule has 0 heterocycles. The zero-order valence-electron chi connectivity index (χ0n) is 15.5. The smallest absolute Gasteiger partial charge is 0.248 e. The lowest BCUT2D eigenvalue weighted by molar-refractivity contribution is -0.116. The van der Waals surface area contributed by atoms with Gasteiger partial charge in [-0.1, -0.05) is 18.2 Å². The second kappa shape index (κ2) is 10.0. The number of nitrogens with one attached hydrogen (secondary N) is 1. The lowest BCUT2D eigenvalue weighted by Gasteiger charge is -2.09. The van der Waals surface area contributed by atoms with Crippen LogP contribution < -0.4 is 20.5 Å². The van der Waals surface area contributed by atoms with Gasteiger partial charge in [0.25, 0.3) is 0 Å². The minimum Gasteiger partial charge on any atom is -0.493 e. The first kappa shape index (κ1) is 20.0. The summed E-state index contributed by atoms with van der Waals surface area (Å²) in [7, 11) is 1.58. The van der Waals surface area contributed by atoms with E-state index < -0.39 is 5.91 Å². The Kier molecular flexibility index (Phi) is 7.43. The number of ether oxygens (including phenoxy) is 2. The van der Waals surface area contributed by atoms with Gasteiger partial charge in [-0.25, -0.2) is 0 Å². The Morgan fingerprint density at radius 3 is 2.67 bits per heavy atom. The summed E-state index contributed by atoms with van der Waals surface area (Å²) in [5, 5.41) is 2.81. The number of carbonyl (C=O) groups is 2. The number of amides is 2. The summed E-state index contributed by atoms with van der Waals surface area (Å²) < 4.78 is 10.8. The Balaban J connectivity index is 1.89. The van der Waals surface area contributed by atoms with Gasteiger partial charge in [-0.15, -0.1) is 0 Å². The van der Waals surface area contributed by atoms with Gasteiger partial charge >= 0.3 is 0 Å². The molecule has 27 heavy (non-hydrogen) atoms. The molecule has 6 heteroatoms. The molecule has 0 atom stereocenters. The fourth-order valence-electron chi connectivity index (χ4n) is 2.51. The minimum absolute atomic E-state index is 0.199. The highest BCUT2D eigenvalue weighted by Gasteiger charge is 2.05. The van der Waals surface area contributed by atoms with Gasteiger partial charge in [-0.2, -0.15) is 0 Å². The van der Waals surface area contributed by atoms with E-state index in [1.54, 1.807) is 37.5 Å². The average Bonchev–Trinajstić information content (AvgIpc) is 2.67. The van der Waals surface area contributed by atoms with Gasteiger partial charge in [0.05, 0.1) is 13.7 Å². The molecule has 6 nitrogen and oxygen atoms in total. The van der Waals surface area contributed by atoms with Crippen LogP contribution in [0.4, 0.5) is 0 Å². The molecule has 0 aliphatic carbocycles. The number of rotatable bonds is 9. The second-order valence-corrected chi connectivity index (χ2v) is 5.78. The molecule has 0 radical (unpaired) electrons. The number of nitrogens with two attached hydrogens (primary N) is 1. The molecule has 0 fully saturated rings. The van der Waals surface area contributed by atoms with Crippen molar-refractivity contribution >= 4 is 17.9 Å².